The van der Waals surface area contributed by atoms with E-state index in [4.69, 9.17) is 0 Å². The number of nitrogens with one attached hydrogen (secondary N) is 2. The Morgan fingerprint density at radius 1 is 1.78 bits per heavy atom. The zero-order chi connectivity index (χ0) is 6.69. The lowest BCUT2D eigenvalue weighted by Crippen LogP contribution is -2.42. The second-order valence-electron chi connectivity index (χ2n) is 2.17. The van der Waals surface area contributed by atoms with Crippen LogP contribution < -0.4 is 10.0 Å². The highest BCUT2D eigenvalue weighted by molar-refractivity contribution is 7.78. The molecule has 1 fully saturated rings. The molecule has 0 spiro atoms. The predicted molar refractivity (Wildman–Crippen MR) is 38.2 cm³/mol. The zero-order valence-corrected chi connectivity index (χ0v) is 5.95. The van der Waals surface area contributed by atoms with Gasteiger partial charge in [0.1, 0.15) is 0 Å². The van der Waals surface area contributed by atoms with Gasteiger partial charge in [0.2, 0.25) is 5.91 Å². The lowest BCUT2D eigenvalue weighted by Gasteiger charge is -2.20. The Morgan fingerprint density at radius 3 is 3.00 bits per heavy atom. The molecule has 1 aliphatic heterocycles. The predicted octanol–water partition coefficient (Wildman–Crippen LogP) is -0.301. The Morgan fingerprint density at radius 2 is 2.56 bits per heavy atom. The number of hydrogen-bond donors (Lipinski definition) is 3. The van der Waals surface area contributed by atoms with Gasteiger partial charge in [0, 0.05) is 19.0 Å². The van der Waals surface area contributed by atoms with Crippen LogP contribution in [-0.2, 0) is 4.79 Å². The van der Waals surface area contributed by atoms with E-state index < -0.39 is 0 Å². The molecule has 0 bridgehead atoms. The normalized spacial score (nSPS) is 27.7. The minimum Gasteiger partial charge on any atom is -0.355 e. The summed E-state index contributed by atoms with van der Waals surface area (Å²) in [4.78, 5) is 10.6. The molecule has 0 aliphatic carbocycles. The zero-order valence-electron chi connectivity index (χ0n) is 5.05. The number of hydrogen-bond acceptors (Lipinski definition) is 3. The van der Waals surface area contributed by atoms with Crippen LogP contribution in [0.2, 0.25) is 0 Å². The van der Waals surface area contributed by atoms with Gasteiger partial charge in [-0.05, 0) is 6.42 Å². The topological polar surface area (TPSA) is 41.1 Å². The average Bonchev–Trinajstić information content (AvgIpc) is 1.90. The molecule has 0 saturated carbocycles. The molecule has 1 aliphatic rings. The highest BCUT2D eigenvalue weighted by Crippen LogP contribution is 2.02. The lowest BCUT2D eigenvalue weighted by atomic mass is 10.1. The van der Waals surface area contributed by atoms with Crippen molar-refractivity contribution in [3.05, 3.63) is 0 Å². The number of thiol groups is 1. The summed E-state index contributed by atoms with van der Waals surface area (Å²) in [6.07, 6.45) is 1.52. The Labute approximate surface area is 59.7 Å². The van der Waals surface area contributed by atoms with E-state index >= 15 is 0 Å². The van der Waals surface area contributed by atoms with Gasteiger partial charge in [0.05, 0.1) is 0 Å². The molecule has 1 saturated heterocycles. The number of rotatable bonds is 1. The van der Waals surface area contributed by atoms with Crippen molar-refractivity contribution < 1.29 is 4.79 Å². The highest BCUT2D eigenvalue weighted by Gasteiger charge is 2.15. The van der Waals surface area contributed by atoms with Gasteiger partial charge in [-0.2, -0.15) is 0 Å². The molecule has 1 heterocycles. The summed E-state index contributed by atoms with van der Waals surface area (Å²) in [6, 6.07) is 0.353. The van der Waals surface area contributed by atoms with Crippen molar-refractivity contribution in [2.24, 2.45) is 0 Å². The van der Waals surface area contributed by atoms with E-state index in [-0.39, 0.29) is 5.91 Å². The number of piperidine rings is 1. The van der Waals surface area contributed by atoms with Crippen LogP contribution in [-0.4, -0.2) is 18.5 Å². The summed E-state index contributed by atoms with van der Waals surface area (Å²) in [7, 11) is 0. The Bertz CT molecular complexity index is 108. The van der Waals surface area contributed by atoms with Gasteiger partial charge < -0.3 is 5.32 Å². The van der Waals surface area contributed by atoms with Crippen molar-refractivity contribution >= 4 is 18.7 Å². The molecule has 0 radical (unpaired) electrons. The lowest BCUT2D eigenvalue weighted by molar-refractivity contribution is -0.122. The molecular formula is C5H10N2OS. The second-order valence-corrected chi connectivity index (χ2v) is 2.43. The third kappa shape index (κ3) is 1.87. The molecule has 52 valence electrons. The second kappa shape index (κ2) is 3.08. The quantitative estimate of drug-likeness (QED) is 0.444. The average molecular weight is 146 g/mol. The molecule has 3 nitrogen and oxygen atoms in total. The Hall–Kier alpha value is -0.220. The number of amides is 1. The summed E-state index contributed by atoms with van der Waals surface area (Å²) in [5, 5.41) is 2.73. The molecule has 2 N–H and O–H groups in total. The van der Waals surface area contributed by atoms with Gasteiger partial charge in [0.15, 0.2) is 0 Å². The van der Waals surface area contributed by atoms with E-state index in [9.17, 15) is 4.79 Å². The first kappa shape index (κ1) is 6.89. The molecule has 0 aromatic heterocycles. The fourth-order valence-electron chi connectivity index (χ4n) is 0.843. The van der Waals surface area contributed by atoms with Gasteiger partial charge in [0.25, 0.3) is 0 Å². The van der Waals surface area contributed by atoms with E-state index in [0.29, 0.717) is 19.0 Å². The molecule has 4 heteroatoms. The van der Waals surface area contributed by atoms with Crippen LogP contribution >= 0.6 is 12.8 Å². The van der Waals surface area contributed by atoms with Gasteiger partial charge in [-0.3, -0.25) is 9.52 Å². The van der Waals surface area contributed by atoms with Gasteiger partial charge >= 0.3 is 0 Å². The fraction of sp³-hybridized carbons (Fsp3) is 0.800. The maximum absolute atomic E-state index is 10.6. The van der Waals surface area contributed by atoms with Gasteiger partial charge in [-0.1, -0.05) is 12.8 Å². The largest absolute Gasteiger partial charge is 0.355 e. The van der Waals surface area contributed by atoms with E-state index in [1.165, 1.54) is 0 Å². The summed E-state index contributed by atoms with van der Waals surface area (Å²) in [5.74, 6) is 0.148. The summed E-state index contributed by atoms with van der Waals surface area (Å²) < 4.78 is 2.80. The van der Waals surface area contributed by atoms with Crippen molar-refractivity contribution in [3.8, 4) is 0 Å². The van der Waals surface area contributed by atoms with Crippen LogP contribution in [0.3, 0.4) is 0 Å². The van der Waals surface area contributed by atoms with Crippen molar-refractivity contribution in [1.82, 2.24) is 10.0 Å². The molecule has 1 rings (SSSR count). The van der Waals surface area contributed by atoms with Crippen LogP contribution in [0, 0.1) is 0 Å². The Kier molecular flexibility index (Phi) is 2.36. The molecule has 0 aromatic rings. The first-order valence-electron chi connectivity index (χ1n) is 2.99. The minimum atomic E-state index is 0.148. The standard InChI is InChI=1S/C5H10N2OS/c8-5-2-1-4(7-9)3-6-5/h4,7,9H,1-3H2,(H,6,8)/t4-/m0/s1. The van der Waals surface area contributed by atoms with Crippen LogP contribution in [0.15, 0.2) is 0 Å². The molecule has 0 aromatic carbocycles. The highest BCUT2D eigenvalue weighted by atomic mass is 32.1. The molecule has 1 atom stereocenters. The van der Waals surface area contributed by atoms with Crippen LogP contribution in [0.1, 0.15) is 12.8 Å². The molecular weight excluding hydrogens is 136 g/mol. The summed E-state index contributed by atoms with van der Waals surface area (Å²) >= 11 is 3.89. The van der Waals surface area contributed by atoms with Gasteiger partial charge in [-0.25, -0.2) is 0 Å². The molecule has 9 heavy (non-hydrogen) atoms. The van der Waals surface area contributed by atoms with Crippen molar-refractivity contribution in [2.45, 2.75) is 18.9 Å². The first-order chi connectivity index (χ1) is 4.33. The van der Waals surface area contributed by atoms with E-state index in [1.807, 2.05) is 0 Å². The number of carbonyl (C=O) groups is 1. The SMILES string of the molecule is O=C1CC[C@H](NS)CN1. The maximum Gasteiger partial charge on any atom is 0.220 e. The minimum absolute atomic E-state index is 0.148. The van der Waals surface area contributed by atoms with Crippen LogP contribution in [0.4, 0.5) is 0 Å². The van der Waals surface area contributed by atoms with Crippen LogP contribution in [0.5, 0.6) is 0 Å². The fourth-order valence-corrected chi connectivity index (χ4v) is 1.06. The smallest absolute Gasteiger partial charge is 0.220 e. The monoisotopic (exact) mass is 146 g/mol. The van der Waals surface area contributed by atoms with E-state index in [2.05, 4.69) is 22.9 Å². The van der Waals surface area contributed by atoms with Crippen molar-refractivity contribution in [1.29, 1.82) is 0 Å². The maximum atomic E-state index is 10.6. The van der Waals surface area contributed by atoms with E-state index in [1.54, 1.807) is 0 Å². The third-order valence-electron chi connectivity index (χ3n) is 1.45. The van der Waals surface area contributed by atoms with Crippen LogP contribution in [0.25, 0.3) is 0 Å². The summed E-state index contributed by atoms with van der Waals surface area (Å²) in [5.41, 5.74) is 0. The Balaban J connectivity index is 2.26. The first-order valence-corrected chi connectivity index (χ1v) is 3.44. The third-order valence-corrected chi connectivity index (χ3v) is 1.81. The molecule has 1 amide bonds. The number of carbonyl (C=O) groups excluding carboxylic acids is 1. The van der Waals surface area contributed by atoms with E-state index in [0.717, 1.165) is 6.42 Å². The van der Waals surface area contributed by atoms with Crippen molar-refractivity contribution in [2.75, 3.05) is 6.54 Å². The van der Waals surface area contributed by atoms with Crippen molar-refractivity contribution in [3.63, 3.8) is 0 Å². The summed E-state index contributed by atoms with van der Waals surface area (Å²) in [6.45, 7) is 0.711. The molecule has 0 unspecified atom stereocenters. The van der Waals surface area contributed by atoms with Gasteiger partial charge in [-0.15, -0.1) is 0 Å².